The molecule has 0 aromatic heterocycles. The molecule has 2 aliphatic rings. The van der Waals surface area contributed by atoms with Crippen LogP contribution in [-0.4, -0.2) is 53.8 Å². The molecule has 1 unspecified atom stereocenters. The maximum absolute atomic E-state index is 12.8. The van der Waals surface area contributed by atoms with Crippen LogP contribution in [0.2, 0.25) is 0 Å². The van der Waals surface area contributed by atoms with Gasteiger partial charge in [0.05, 0.1) is 5.92 Å². The first-order chi connectivity index (χ1) is 11.4. The van der Waals surface area contributed by atoms with Crippen molar-refractivity contribution < 1.29 is 9.59 Å². The Morgan fingerprint density at radius 3 is 2.28 bits per heavy atom. The van der Waals surface area contributed by atoms with Gasteiger partial charge in [0.15, 0.2) is 0 Å². The summed E-state index contributed by atoms with van der Waals surface area (Å²) in [6.07, 6.45) is 2.62. The van der Waals surface area contributed by atoms with Crippen molar-refractivity contribution in [3.63, 3.8) is 0 Å². The van der Waals surface area contributed by atoms with E-state index in [0.717, 1.165) is 49.0 Å². The maximum Gasteiger partial charge on any atom is 0.253 e. The lowest BCUT2D eigenvalue weighted by Crippen LogP contribution is -2.46. The molecule has 1 aromatic carbocycles. The third-order valence-corrected chi connectivity index (χ3v) is 5.06. The van der Waals surface area contributed by atoms with Crippen molar-refractivity contribution in [3.05, 3.63) is 34.9 Å². The van der Waals surface area contributed by atoms with Gasteiger partial charge in [-0.25, -0.2) is 0 Å². The average Bonchev–Trinajstić information content (AvgIpc) is 2.99. The summed E-state index contributed by atoms with van der Waals surface area (Å²) in [6, 6.07) is 6.03. The molecule has 2 heterocycles. The molecule has 3 rings (SSSR count). The van der Waals surface area contributed by atoms with Crippen molar-refractivity contribution in [3.8, 4) is 0 Å². The molecule has 2 saturated heterocycles. The highest BCUT2D eigenvalue weighted by Gasteiger charge is 2.33. The molecular weight excluding hydrogens is 338 g/mol. The van der Waals surface area contributed by atoms with Crippen LogP contribution in [0.4, 0.5) is 0 Å². The Hall–Kier alpha value is -1.59. The largest absolute Gasteiger partial charge is 0.341 e. The maximum atomic E-state index is 12.8. The lowest BCUT2D eigenvalue weighted by Gasteiger charge is -2.34. The number of piperidine rings is 1. The number of hydrogen-bond acceptors (Lipinski definition) is 3. The second-order valence-corrected chi connectivity index (χ2v) is 7.30. The summed E-state index contributed by atoms with van der Waals surface area (Å²) in [6.45, 7) is 6.67. The smallest absolute Gasteiger partial charge is 0.253 e. The zero-order chi connectivity index (χ0) is 17.3. The average molecular weight is 366 g/mol. The fourth-order valence-corrected chi connectivity index (χ4v) is 3.89. The lowest BCUT2D eigenvalue weighted by atomic mass is 9.95. The fourth-order valence-electron chi connectivity index (χ4n) is 3.89. The molecule has 2 fully saturated rings. The van der Waals surface area contributed by atoms with Gasteiger partial charge in [-0.05, 0) is 45.2 Å². The van der Waals surface area contributed by atoms with Gasteiger partial charge in [-0.3, -0.25) is 9.59 Å². The number of nitrogens with zero attached hydrogens (tertiary/aromatic N) is 2. The minimum Gasteiger partial charge on any atom is -0.341 e. The number of halogens is 1. The minimum absolute atomic E-state index is 0. The molecule has 0 bridgehead atoms. The van der Waals surface area contributed by atoms with Crippen LogP contribution >= 0.6 is 12.4 Å². The highest BCUT2D eigenvalue weighted by atomic mass is 35.5. The number of amides is 2. The van der Waals surface area contributed by atoms with Crippen LogP contribution in [0.5, 0.6) is 0 Å². The van der Waals surface area contributed by atoms with Gasteiger partial charge in [0.2, 0.25) is 5.91 Å². The quantitative estimate of drug-likeness (QED) is 0.873. The first-order valence-electron chi connectivity index (χ1n) is 8.86. The van der Waals surface area contributed by atoms with Gasteiger partial charge >= 0.3 is 0 Å². The third kappa shape index (κ3) is 4.53. The summed E-state index contributed by atoms with van der Waals surface area (Å²) in [5.74, 6) is 0.122. The van der Waals surface area contributed by atoms with Gasteiger partial charge in [0.25, 0.3) is 5.91 Å². The van der Waals surface area contributed by atoms with E-state index >= 15 is 0 Å². The topological polar surface area (TPSA) is 66.6 Å². The van der Waals surface area contributed by atoms with E-state index in [2.05, 4.69) is 6.07 Å². The Kier molecular flexibility index (Phi) is 6.47. The molecule has 2 amide bonds. The van der Waals surface area contributed by atoms with E-state index in [4.69, 9.17) is 5.73 Å². The van der Waals surface area contributed by atoms with Crippen LogP contribution in [0.25, 0.3) is 0 Å². The SMILES string of the molecule is Cc1cc(C)cc(C(=O)N2CCCC(C(=O)N3CC[C@@H](N)C3)C2)c1.Cl. The first kappa shape index (κ1) is 19.7. The summed E-state index contributed by atoms with van der Waals surface area (Å²) in [4.78, 5) is 29.2. The minimum atomic E-state index is -0.0843. The molecule has 0 radical (unpaired) electrons. The van der Waals surface area contributed by atoms with Crippen LogP contribution in [0.1, 0.15) is 40.7 Å². The van der Waals surface area contributed by atoms with E-state index in [1.54, 1.807) is 0 Å². The van der Waals surface area contributed by atoms with Crippen molar-refractivity contribution in [1.29, 1.82) is 0 Å². The van der Waals surface area contributed by atoms with Crippen LogP contribution in [0.15, 0.2) is 18.2 Å². The van der Waals surface area contributed by atoms with Crippen molar-refractivity contribution in [2.24, 2.45) is 11.7 Å². The zero-order valence-corrected chi connectivity index (χ0v) is 15.8. The Morgan fingerprint density at radius 2 is 1.68 bits per heavy atom. The molecular formula is C19H28ClN3O2. The molecule has 1 aromatic rings. The van der Waals surface area contributed by atoms with Gasteiger partial charge in [-0.15, -0.1) is 12.4 Å². The van der Waals surface area contributed by atoms with E-state index in [-0.39, 0.29) is 36.2 Å². The standard InChI is InChI=1S/C19H27N3O2.ClH/c1-13-8-14(2)10-16(9-13)19(24)21-6-3-4-15(11-21)18(23)22-7-5-17(20)12-22;/h8-10,15,17H,3-7,11-12,20H2,1-2H3;1H/t15?,17-;/m1./s1. The van der Waals surface area contributed by atoms with E-state index in [1.165, 1.54) is 0 Å². The monoisotopic (exact) mass is 365 g/mol. The highest BCUT2D eigenvalue weighted by Crippen LogP contribution is 2.23. The Morgan fingerprint density at radius 1 is 1.00 bits per heavy atom. The van der Waals surface area contributed by atoms with Gasteiger partial charge < -0.3 is 15.5 Å². The van der Waals surface area contributed by atoms with Gasteiger partial charge in [0, 0.05) is 37.8 Å². The Bertz CT molecular complexity index is 629. The molecule has 2 N–H and O–H groups in total. The summed E-state index contributed by atoms with van der Waals surface area (Å²) < 4.78 is 0. The number of benzene rings is 1. The summed E-state index contributed by atoms with van der Waals surface area (Å²) >= 11 is 0. The number of likely N-dealkylation sites (tertiary alicyclic amines) is 2. The van der Waals surface area contributed by atoms with Gasteiger partial charge in [-0.1, -0.05) is 17.2 Å². The van der Waals surface area contributed by atoms with Crippen LogP contribution < -0.4 is 5.73 Å². The molecule has 0 saturated carbocycles. The molecule has 5 nitrogen and oxygen atoms in total. The van der Waals surface area contributed by atoms with Gasteiger partial charge in [0.1, 0.15) is 0 Å². The molecule has 138 valence electrons. The number of carbonyl (C=O) groups is 2. The highest BCUT2D eigenvalue weighted by molar-refractivity contribution is 5.95. The van der Waals surface area contributed by atoms with E-state index < -0.39 is 0 Å². The van der Waals surface area contributed by atoms with Crippen LogP contribution in [-0.2, 0) is 4.79 Å². The molecule has 25 heavy (non-hydrogen) atoms. The second-order valence-electron chi connectivity index (χ2n) is 7.30. The van der Waals surface area contributed by atoms with Crippen molar-refractivity contribution in [1.82, 2.24) is 9.80 Å². The van der Waals surface area contributed by atoms with E-state index in [9.17, 15) is 9.59 Å². The normalized spacial score (nSPS) is 23.3. The Balaban J connectivity index is 0.00000225. The molecule has 2 atom stereocenters. The first-order valence-corrected chi connectivity index (χ1v) is 8.86. The summed E-state index contributed by atoms with van der Waals surface area (Å²) in [7, 11) is 0. The van der Waals surface area contributed by atoms with E-state index in [0.29, 0.717) is 13.1 Å². The molecule has 6 heteroatoms. The second kappa shape index (κ2) is 8.19. The molecule has 0 aliphatic carbocycles. The number of nitrogens with two attached hydrogens (primary N) is 1. The van der Waals surface area contributed by atoms with Crippen LogP contribution in [0, 0.1) is 19.8 Å². The van der Waals surface area contributed by atoms with E-state index in [1.807, 2.05) is 35.8 Å². The van der Waals surface area contributed by atoms with Crippen LogP contribution in [0.3, 0.4) is 0 Å². The van der Waals surface area contributed by atoms with Crippen molar-refractivity contribution in [2.75, 3.05) is 26.2 Å². The molecule has 2 aliphatic heterocycles. The predicted octanol–water partition coefficient (Wildman–Crippen LogP) is 2.14. The number of carbonyl (C=O) groups excluding carboxylic acids is 2. The summed E-state index contributed by atoms with van der Waals surface area (Å²) in [5.41, 5.74) is 8.82. The van der Waals surface area contributed by atoms with Crippen molar-refractivity contribution in [2.45, 2.75) is 39.2 Å². The van der Waals surface area contributed by atoms with Gasteiger partial charge in [-0.2, -0.15) is 0 Å². The zero-order valence-electron chi connectivity index (χ0n) is 15.0. The predicted molar refractivity (Wildman–Crippen MR) is 101 cm³/mol. The fraction of sp³-hybridized carbons (Fsp3) is 0.579. The summed E-state index contributed by atoms with van der Waals surface area (Å²) in [5, 5.41) is 0. The third-order valence-electron chi connectivity index (χ3n) is 5.06. The number of rotatable bonds is 2. The lowest BCUT2D eigenvalue weighted by molar-refractivity contribution is -0.135. The Labute approximate surface area is 155 Å². The van der Waals surface area contributed by atoms with Crippen molar-refractivity contribution >= 4 is 24.2 Å². The number of aryl methyl sites for hydroxylation is 2. The number of hydrogen-bond donors (Lipinski definition) is 1. The molecule has 0 spiro atoms.